The van der Waals surface area contributed by atoms with Crippen molar-refractivity contribution in [3.8, 4) is 0 Å². The largest absolute Gasteiger partial charge is 0.377 e. The van der Waals surface area contributed by atoms with Gasteiger partial charge in [0, 0.05) is 26.7 Å². The predicted molar refractivity (Wildman–Crippen MR) is 120 cm³/mol. The third-order valence-corrected chi connectivity index (χ3v) is 4.24. The maximum absolute atomic E-state index is 13.2. The molecule has 4 nitrogen and oxygen atoms in total. The van der Waals surface area contributed by atoms with E-state index < -0.39 is 0 Å². The Hall–Kier alpha value is -1.67. The Labute approximate surface area is 178 Å². The molecule has 0 radical (unpaired) electrons. The molecule has 0 bridgehead atoms. The van der Waals surface area contributed by atoms with Gasteiger partial charge in [0.25, 0.3) is 0 Å². The zero-order valence-corrected chi connectivity index (χ0v) is 18.5. The van der Waals surface area contributed by atoms with Crippen LogP contribution in [-0.2, 0) is 24.3 Å². The summed E-state index contributed by atoms with van der Waals surface area (Å²) in [6, 6.07) is 13.1. The molecule has 0 aromatic heterocycles. The lowest BCUT2D eigenvalue weighted by molar-refractivity contribution is 0.133. The second-order valence-electron chi connectivity index (χ2n) is 6.08. The molecule has 2 rings (SSSR count). The highest BCUT2D eigenvalue weighted by Gasteiger charge is 2.05. The molecule has 2 N–H and O–H groups in total. The Morgan fingerprint density at radius 3 is 2.48 bits per heavy atom. The van der Waals surface area contributed by atoms with Gasteiger partial charge in [-0.05, 0) is 54.7 Å². The van der Waals surface area contributed by atoms with E-state index in [2.05, 4.69) is 27.8 Å². The van der Waals surface area contributed by atoms with Gasteiger partial charge in [-0.2, -0.15) is 0 Å². The van der Waals surface area contributed by atoms with Crippen LogP contribution in [-0.4, -0.2) is 26.2 Å². The van der Waals surface area contributed by atoms with E-state index in [0.717, 1.165) is 30.1 Å². The number of nitrogens with zero attached hydrogens (tertiary/aromatic N) is 1. The number of halogens is 2. The van der Waals surface area contributed by atoms with Crippen molar-refractivity contribution in [3.63, 3.8) is 0 Å². The van der Waals surface area contributed by atoms with Gasteiger partial charge < -0.3 is 15.4 Å². The number of ether oxygens (including phenoxy) is 1. The van der Waals surface area contributed by atoms with Crippen LogP contribution in [0.2, 0.25) is 0 Å². The minimum atomic E-state index is -0.192. The number of rotatable bonds is 8. The van der Waals surface area contributed by atoms with E-state index in [-0.39, 0.29) is 29.8 Å². The van der Waals surface area contributed by atoms with Gasteiger partial charge in [0.2, 0.25) is 0 Å². The number of aliphatic imine (C=N–C) groups is 1. The van der Waals surface area contributed by atoms with Crippen LogP contribution in [0.15, 0.2) is 47.5 Å². The Bertz CT molecular complexity index is 737. The molecule has 6 heteroatoms. The first kappa shape index (κ1) is 23.4. The molecule has 0 spiro atoms. The van der Waals surface area contributed by atoms with E-state index in [4.69, 9.17) is 4.74 Å². The molecule has 2 aromatic carbocycles. The molecule has 0 aliphatic carbocycles. The highest BCUT2D eigenvalue weighted by Crippen LogP contribution is 2.11. The summed E-state index contributed by atoms with van der Waals surface area (Å²) in [7, 11) is 1.75. The monoisotopic (exact) mass is 485 g/mol. The zero-order valence-electron chi connectivity index (χ0n) is 16.2. The van der Waals surface area contributed by atoms with Crippen LogP contribution in [0.3, 0.4) is 0 Å². The first-order chi connectivity index (χ1) is 12.6. The van der Waals surface area contributed by atoms with E-state index in [1.807, 2.05) is 32.0 Å². The van der Waals surface area contributed by atoms with Gasteiger partial charge in [-0.25, -0.2) is 4.39 Å². The molecule has 148 valence electrons. The molecule has 0 atom stereocenters. The summed E-state index contributed by atoms with van der Waals surface area (Å²) < 4.78 is 18.7. The molecule has 0 heterocycles. The summed E-state index contributed by atoms with van der Waals surface area (Å²) in [4.78, 5) is 4.27. The van der Waals surface area contributed by atoms with Gasteiger partial charge >= 0.3 is 0 Å². The van der Waals surface area contributed by atoms with Gasteiger partial charge in [0.1, 0.15) is 5.82 Å². The highest BCUT2D eigenvalue weighted by atomic mass is 127. The average Bonchev–Trinajstić information content (AvgIpc) is 2.65. The molecule has 0 amide bonds. The Morgan fingerprint density at radius 2 is 1.81 bits per heavy atom. The molecular weight excluding hydrogens is 456 g/mol. The van der Waals surface area contributed by atoms with E-state index in [1.54, 1.807) is 13.1 Å². The fourth-order valence-corrected chi connectivity index (χ4v) is 2.74. The number of nitrogens with one attached hydrogen (secondary N) is 2. The predicted octanol–water partition coefficient (Wildman–Crippen LogP) is 4.20. The van der Waals surface area contributed by atoms with Crippen LogP contribution in [0.4, 0.5) is 4.39 Å². The molecule has 0 saturated heterocycles. The zero-order chi connectivity index (χ0) is 18.8. The van der Waals surface area contributed by atoms with E-state index in [9.17, 15) is 4.39 Å². The minimum Gasteiger partial charge on any atom is -0.377 e. The number of hydrogen-bond donors (Lipinski definition) is 2. The maximum atomic E-state index is 13.2. The lowest BCUT2D eigenvalue weighted by Gasteiger charge is -2.15. The van der Waals surface area contributed by atoms with Gasteiger partial charge in [-0.15, -0.1) is 24.0 Å². The van der Waals surface area contributed by atoms with Crippen LogP contribution in [0.25, 0.3) is 0 Å². The van der Waals surface area contributed by atoms with Crippen molar-refractivity contribution in [3.05, 3.63) is 70.5 Å². The second-order valence-corrected chi connectivity index (χ2v) is 6.08. The molecule has 0 fully saturated rings. The average molecular weight is 485 g/mol. The van der Waals surface area contributed by atoms with Crippen LogP contribution in [0.5, 0.6) is 0 Å². The van der Waals surface area contributed by atoms with Crippen LogP contribution in [0, 0.1) is 12.7 Å². The fraction of sp³-hybridized carbons (Fsp3) is 0.381. The lowest BCUT2D eigenvalue weighted by Crippen LogP contribution is -2.38. The number of guanidine groups is 1. The molecule has 2 aromatic rings. The van der Waals surface area contributed by atoms with Gasteiger partial charge in [0.05, 0.1) is 6.61 Å². The number of hydrogen-bond acceptors (Lipinski definition) is 2. The van der Waals surface area contributed by atoms with Crippen LogP contribution < -0.4 is 10.6 Å². The standard InChI is InChI=1S/C21H28FN3O.HI/c1-4-26-15-19-8-6-5-7-18(19)14-25-21(23-3)24-12-11-17-9-10-20(22)13-16(17)2;/h5-10,13H,4,11-12,14-15H2,1-3H3,(H2,23,24,25);1H. The van der Waals surface area contributed by atoms with E-state index in [1.165, 1.54) is 17.2 Å². The quantitative estimate of drug-likeness (QED) is 0.335. The highest BCUT2D eigenvalue weighted by molar-refractivity contribution is 14.0. The first-order valence-corrected chi connectivity index (χ1v) is 8.98. The van der Waals surface area contributed by atoms with E-state index >= 15 is 0 Å². The van der Waals surface area contributed by atoms with Crippen LogP contribution in [0.1, 0.15) is 29.2 Å². The Kier molecular flexibility index (Phi) is 11.0. The lowest BCUT2D eigenvalue weighted by atomic mass is 10.1. The van der Waals surface area contributed by atoms with E-state index in [0.29, 0.717) is 19.8 Å². The Balaban J connectivity index is 0.00000364. The number of benzene rings is 2. The normalized spacial score (nSPS) is 11.0. The summed E-state index contributed by atoms with van der Waals surface area (Å²) in [6.07, 6.45) is 0.813. The van der Waals surface area contributed by atoms with Crippen molar-refractivity contribution in [2.45, 2.75) is 33.4 Å². The molecular formula is C21H29FIN3O. The van der Waals surface area contributed by atoms with Crippen molar-refractivity contribution >= 4 is 29.9 Å². The number of aryl methyl sites for hydroxylation is 1. The topological polar surface area (TPSA) is 45.6 Å². The van der Waals surface area contributed by atoms with Gasteiger partial charge in [-0.1, -0.05) is 30.3 Å². The summed E-state index contributed by atoms with van der Waals surface area (Å²) in [5, 5.41) is 6.64. The van der Waals surface area contributed by atoms with Crippen molar-refractivity contribution < 1.29 is 9.13 Å². The van der Waals surface area contributed by atoms with Crippen molar-refractivity contribution in [1.29, 1.82) is 0 Å². The second kappa shape index (κ2) is 12.7. The third kappa shape index (κ3) is 7.84. The molecule has 0 aliphatic heterocycles. The smallest absolute Gasteiger partial charge is 0.191 e. The van der Waals surface area contributed by atoms with Crippen molar-refractivity contribution in [2.24, 2.45) is 4.99 Å². The first-order valence-electron chi connectivity index (χ1n) is 8.98. The Morgan fingerprint density at radius 1 is 1.07 bits per heavy atom. The summed E-state index contributed by atoms with van der Waals surface area (Å²) in [5.41, 5.74) is 4.48. The molecule has 0 aliphatic rings. The van der Waals surface area contributed by atoms with Crippen molar-refractivity contribution in [2.75, 3.05) is 20.2 Å². The third-order valence-electron chi connectivity index (χ3n) is 4.24. The maximum Gasteiger partial charge on any atom is 0.191 e. The fourth-order valence-electron chi connectivity index (χ4n) is 2.74. The minimum absolute atomic E-state index is 0. The van der Waals surface area contributed by atoms with Gasteiger partial charge in [0.15, 0.2) is 5.96 Å². The van der Waals surface area contributed by atoms with Crippen LogP contribution >= 0.6 is 24.0 Å². The van der Waals surface area contributed by atoms with Crippen molar-refractivity contribution in [1.82, 2.24) is 10.6 Å². The summed E-state index contributed by atoms with van der Waals surface area (Å²) in [6.45, 7) is 6.65. The molecule has 27 heavy (non-hydrogen) atoms. The summed E-state index contributed by atoms with van der Waals surface area (Å²) >= 11 is 0. The van der Waals surface area contributed by atoms with Gasteiger partial charge in [-0.3, -0.25) is 4.99 Å². The molecule has 0 unspecified atom stereocenters. The molecule has 0 saturated carbocycles. The summed E-state index contributed by atoms with van der Waals surface area (Å²) in [5.74, 6) is 0.554. The SMILES string of the molecule is CCOCc1ccccc1CNC(=NC)NCCc1ccc(F)cc1C.I.